The molecule has 2 amide bonds. The molecule has 1 aliphatic rings. The van der Waals surface area contributed by atoms with Crippen LogP contribution >= 0.6 is 0 Å². The molecule has 0 unspecified atom stereocenters. The molecule has 1 fully saturated rings. The van der Waals surface area contributed by atoms with Crippen molar-refractivity contribution in [3.63, 3.8) is 0 Å². The number of hydrazine groups is 1. The maximum Gasteiger partial charge on any atom is 0.255 e. The Morgan fingerprint density at radius 2 is 2.00 bits per heavy atom. The lowest BCUT2D eigenvalue weighted by molar-refractivity contribution is -0.122. The van der Waals surface area contributed by atoms with E-state index in [2.05, 4.69) is 5.43 Å². The van der Waals surface area contributed by atoms with Crippen LogP contribution in [0.1, 0.15) is 12.0 Å². The topological polar surface area (TPSA) is 49.4 Å². The summed E-state index contributed by atoms with van der Waals surface area (Å²) in [5.41, 5.74) is 4.21. The predicted molar refractivity (Wildman–Crippen MR) is 51.4 cm³/mol. The number of rotatable bonds is 1. The molecule has 4 nitrogen and oxygen atoms in total. The van der Waals surface area contributed by atoms with Crippen LogP contribution < -0.4 is 10.4 Å². The quantitative estimate of drug-likeness (QED) is 0.665. The van der Waals surface area contributed by atoms with Gasteiger partial charge in [-0.1, -0.05) is 18.2 Å². The molecule has 1 saturated heterocycles. The van der Waals surface area contributed by atoms with E-state index in [0.29, 0.717) is 0 Å². The molecule has 1 N–H and O–H groups in total. The normalized spacial score (nSPS) is 15.9. The van der Waals surface area contributed by atoms with Gasteiger partial charge in [-0.2, -0.15) is 0 Å². The van der Waals surface area contributed by atoms with Crippen LogP contribution in [0.15, 0.2) is 24.3 Å². The second kappa shape index (κ2) is 3.14. The number of carbonyl (C=O) groups excluding carboxylic acids is 2. The monoisotopic (exact) mass is 190 g/mol. The minimum absolute atomic E-state index is 0.0612. The minimum Gasteiger partial charge on any atom is -0.273 e. The zero-order valence-electron chi connectivity index (χ0n) is 7.78. The highest BCUT2D eigenvalue weighted by molar-refractivity contribution is 6.12. The molecule has 0 bridgehead atoms. The van der Waals surface area contributed by atoms with Crippen molar-refractivity contribution in [1.29, 1.82) is 0 Å². The molecular weight excluding hydrogens is 180 g/mol. The third kappa shape index (κ3) is 1.35. The van der Waals surface area contributed by atoms with Gasteiger partial charge < -0.3 is 0 Å². The van der Waals surface area contributed by atoms with Gasteiger partial charge in [0.15, 0.2) is 0 Å². The smallest absolute Gasteiger partial charge is 0.255 e. The van der Waals surface area contributed by atoms with Crippen LogP contribution in [0.4, 0.5) is 5.69 Å². The molecule has 1 aromatic rings. The van der Waals surface area contributed by atoms with Gasteiger partial charge >= 0.3 is 0 Å². The molecule has 0 atom stereocenters. The fourth-order valence-electron chi connectivity index (χ4n) is 1.45. The van der Waals surface area contributed by atoms with Crippen molar-refractivity contribution < 1.29 is 9.59 Å². The number of carbonyl (C=O) groups is 2. The first-order chi connectivity index (χ1) is 6.68. The van der Waals surface area contributed by atoms with Gasteiger partial charge in [-0.3, -0.25) is 15.0 Å². The molecule has 0 spiro atoms. The standard InChI is InChI=1S/C10H10N2O2/c1-7-4-2-3-5-8(7)12-10(14)6-9(13)11-12/h2-5H,6H2,1H3,(H,11,13). The maximum atomic E-state index is 11.4. The van der Waals surface area contributed by atoms with Crippen molar-refractivity contribution in [1.82, 2.24) is 5.43 Å². The lowest BCUT2D eigenvalue weighted by atomic mass is 10.2. The van der Waals surface area contributed by atoms with Crippen LogP contribution in [0.2, 0.25) is 0 Å². The zero-order valence-corrected chi connectivity index (χ0v) is 7.78. The van der Waals surface area contributed by atoms with E-state index in [1.54, 1.807) is 6.07 Å². The van der Waals surface area contributed by atoms with E-state index < -0.39 is 0 Å². The van der Waals surface area contributed by atoms with E-state index in [-0.39, 0.29) is 18.2 Å². The summed E-state index contributed by atoms with van der Waals surface area (Å²) in [5, 5.41) is 1.30. The van der Waals surface area contributed by atoms with Gasteiger partial charge in [-0.25, -0.2) is 5.01 Å². The number of amides is 2. The summed E-state index contributed by atoms with van der Waals surface area (Å²) in [6.45, 7) is 1.90. The van der Waals surface area contributed by atoms with E-state index >= 15 is 0 Å². The highest BCUT2D eigenvalue weighted by Gasteiger charge is 2.28. The van der Waals surface area contributed by atoms with Gasteiger partial charge in [0, 0.05) is 0 Å². The highest BCUT2D eigenvalue weighted by Crippen LogP contribution is 2.20. The molecule has 72 valence electrons. The van der Waals surface area contributed by atoms with Crippen molar-refractivity contribution in [3.05, 3.63) is 29.8 Å². The minimum atomic E-state index is -0.252. The van der Waals surface area contributed by atoms with Gasteiger partial charge in [-0.05, 0) is 18.6 Å². The summed E-state index contributed by atoms with van der Waals surface area (Å²) in [6.07, 6.45) is -0.0612. The fraction of sp³-hybridized carbons (Fsp3) is 0.200. The average Bonchev–Trinajstić information content (AvgIpc) is 2.46. The maximum absolute atomic E-state index is 11.4. The average molecular weight is 190 g/mol. The number of para-hydroxylation sites is 1. The van der Waals surface area contributed by atoms with Crippen LogP contribution in [0.3, 0.4) is 0 Å². The Kier molecular flexibility index (Phi) is 1.96. The third-order valence-electron chi connectivity index (χ3n) is 2.15. The molecule has 0 aromatic heterocycles. The number of nitrogens with zero attached hydrogens (tertiary/aromatic N) is 1. The van der Waals surface area contributed by atoms with Gasteiger partial charge in [0.25, 0.3) is 5.91 Å². The Labute approximate surface area is 81.5 Å². The van der Waals surface area contributed by atoms with Crippen molar-refractivity contribution >= 4 is 17.5 Å². The second-order valence-electron chi connectivity index (χ2n) is 3.23. The summed E-state index contributed by atoms with van der Waals surface area (Å²) in [7, 11) is 0. The van der Waals surface area contributed by atoms with E-state index in [1.807, 2.05) is 25.1 Å². The molecule has 1 aromatic carbocycles. The lowest BCUT2D eigenvalue weighted by Crippen LogP contribution is -2.36. The molecule has 0 radical (unpaired) electrons. The summed E-state index contributed by atoms with van der Waals surface area (Å²) in [5.74, 6) is -0.456. The SMILES string of the molecule is Cc1ccccc1N1NC(=O)CC1=O. The number of aryl methyl sites for hydroxylation is 1. The molecule has 1 aliphatic heterocycles. The second-order valence-corrected chi connectivity index (χ2v) is 3.23. The zero-order chi connectivity index (χ0) is 10.1. The Balaban J connectivity index is 2.36. The predicted octanol–water partition coefficient (Wildman–Crippen LogP) is 0.763. The number of nitrogens with one attached hydrogen (secondary N) is 1. The Bertz CT molecular complexity index is 401. The first kappa shape index (κ1) is 8.74. The summed E-state index contributed by atoms with van der Waals surface area (Å²) >= 11 is 0. The van der Waals surface area contributed by atoms with E-state index in [0.717, 1.165) is 11.3 Å². The molecule has 4 heteroatoms. The number of benzene rings is 1. The van der Waals surface area contributed by atoms with E-state index in [9.17, 15) is 9.59 Å². The lowest BCUT2D eigenvalue weighted by Gasteiger charge is -2.17. The van der Waals surface area contributed by atoms with E-state index in [1.165, 1.54) is 5.01 Å². The van der Waals surface area contributed by atoms with Gasteiger partial charge in [-0.15, -0.1) is 0 Å². The largest absolute Gasteiger partial charge is 0.273 e. The Hall–Kier alpha value is -1.84. The first-order valence-corrected chi connectivity index (χ1v) is 4.36. The number of hydrogen-bond acceptors (Lipinski definition) is 2. The van der Waals surface area contributed by atoms with Crippen LogP contribution in [-0.2, 0) is 9.59 Å². The summed E-state index contributed by atoms with van der Waals surface area (Å²) in [4.78, 5) is 22.4. The van der Waals surface area contributed by atoms with Crippen LogP contribution in [0.25, 0.3) is 0 Å². The molecule has 0 saturated carbocycles. The van der Waals surface area contributed by atoms with Crippen molar-refractivity contribution in [3.8, 4) is 0 Å². The fourth-order valence-corrected chi connectivity index (χ4v) is 1.45. The summed E-state index contributed by atoms with van der Waals surface area (Å²) < 4.78 is 0. The van der Waals surface area contributed by atoms with Crippen molar-refractivity contribution in [2.45, 2.75) is 13.3 Å². The summed E-state index contributed by atoms with van der Waals surface area (Å²) in [6, 6.07) is 7.42. The van der Waals surface area contributed by atoms with Crippen LogP contribution in [-0.4, -0.2) is 11.8 Å². The van der Waals surface area contributed by atoms with Gasteiger partial charge in [0.05, 0.1) is 5.69 Å². The molecule has 0 aliphatic carbocycles. The van der Waals surface area contributed by atoms with Crippen LogP contribution in [0, 0.1) is 6.92 Å². The molecular formula is C10H10N2O2. The van der Waals surface area contributed by atoms with Crippen LogP contribution in [0.5, 0.6) is 0 Å². The Morgan fingerprint density at radius 1 is 1.29 bits per heavy atom. The molecule has 2 rings (SSSR count). The van der Waals surface area contributed by atoms with E-state index in [4.69, 9.17) is 0 Å². The molecule has 1 heterocycles. The van der Waals surface area contributed by atoms with Gasteiger partial charge in [0.2, 0.25) is 5.91 Å². The number of anilines is 1. The highest BCUT2D eigenvalue weighted by atomic mass is 16.2. The first-order valence-electron chi connectivity index (χ1n) is 4.36. The van der Waals surface area contributed by atoms with Crippen molar-refractivity contribution in [2.75, 3.05) is 5.01 Å². The molecule has 14 heavy (non-hydrogen) atoms. The Morgan fingerprint density at radius 3 is 2.57 bits per heavy atom. The van der Waals surface area contributed by atoms with Crippen molar-refractivity contribution in [2.24, 2.45) is 0 Å². The third-order valence-corrected chi connectivity index (χ3v) is 2.15. The number of hydrogen-bond donors (Lipinski definition) is 1. The van der Waals surface area contributed by atoms with Gasteiger partial charge in [0.1, 0.15) is 6.42 Å².